The van der Waals surface area contributed by atoms with E-state index in [0.29, 0.717) is 0 Å². The monoisotopic (exact) mass is 311 g/mol. The second kappa shape index (κ2) is 7.32. The molecule has 3 nitrogen and oxygen atoms in total. The summed E-state index contributed by atoms with van der Waals surface area (Å²) in [5.74, 6) is 0.596. The van der Waals surface area contributed by atoms with E-state index in [1.165, 1.54) is 0 Å². The van der Waals surface area contributed by atoms with E-state index in [0.717, 1.165) is 40.1 Å². The summed E-state index contributed by atoms with van der Waals surface area (Å²) in [4.78, 5) is 12.5. The fourth-order valence-electron chi connectivity index (χ4n) is 2.69. The van der Waals surface area contributed by atoms with Crippen molar-refractivity contribution >= 4 is 11.6 Å². The van der Waals surface area contributed by atoms with Gasteiger partial charge in [0.15, 0.2) is 6.10 Å². The van der Waals surface area contributed by atoms with Gasteiger partial charge in [-0.15, -0.1) is 0 Å². The highest BCUT2D eigenvalue weighted by molar-refractivity contribution is 5.95. The lowest BCUT2D eigenvalue weighted by Gasteiger charge is -2.18. The van der Waals surface area contributed by atoms with Gasteiger partial charge in [0.1, 0.15) is 5.75 Å². The fraction of sp³-hybridized carbons (Fsp3) is 0.350. The summed E-state index contributed by atoms with van der Waals surface area (Å²) in [7, 11) is 0. The Bertz CT molecular complexity index is 687. The van der Waals surface area contributed by atoms with E-state index in [-0.39, 0.29) is 5.91 Å². The lowest BCUT2D eigenvalue weighted by molar-refractivity contribution is -0.122. The van der Waals surface area contributed by atoms with E-state index in [9.17, 15) is 4.79 Å². The summed E-state index contributed by atoms with van der Waals surface area (Å²) in [6.45, 7) is 9.90. The van der Waals surface area contributed by atoms with Crippen LogP contribution >= 0.6 is 0 Å². The molecule has 0 bridgehead atoms. The molecule has 0 saturated heterocycles. The summed E-state index contributed by atoms with van der Waals surface area (Å²) in [6, 6.07) is 12.0. The van der Waals surface area contributed by atoms with Gasteiger partial charge in [0, 0.05) is 5.69 Å². The van der Waals surface area contributed by atoms with Crippen LogP contribution in [-0.4, -0.2) is 12.0 Å². The van der Waals surface area contributed by atoms with Crippen molar-refractivity contribution in [1.29, 1.82) is 0 Å². The predicted molar refractivity (Wildman–Crippen MR) is 95.2 cm³/mol. The van der Waals surface area contributed by atoms with Crippen LogP contribution in [-0.2, 0) is 11.2 Å². The lowest BCUT2D eigenvalue weighted by atomic mass is 10.1. The zero-order chi connectivity index (χ0) is 17.0. The Morgan fingerprint density at radius 1 is 1.13 bits per heavy atom. The molecule has 122 valence electrons. The van der Waals surface area contributed by atoms with Gasteiger partial charge in [0.2, 0.25) is 0 Å². The van der Waals surface area contributed by atoms with Gasteiger partial charge in [-0.25, -0.2) is 0 Å². The van der Waals surface area contributed by atoms with Crippen LogP contribution < -0.4 is 10.1 Å². The van der Waals surface area contributed by atoms with Crippen molar-refractivity contribution in [3.8, 4) is 5.75 Å². The highest BCUT2D eigenvalue weighted by Crippen LogP contribution is 2.22. The van der Waals surface area contributed by atoms with Gasteiger partial charge < -0.3 is 10.1 Å². The Morgan fingerprint density at radius 3 is 2.39 bits per heavy atom. The average Bonchev–Trinajstić information content (AvgIpc) is 2.48. The van der Waals surface area contributed by atoms with Crippen molar-refractivity contribution in [2.24, 2.45) is 0 Å². The van der Waals surface area contributed by atoms with Crippen molar-refractivity contribution in [1.82, 2.24) is 0 Å². The summed E-state index contributed by atoms with van der Waals surface area (Å²) in [5, 5.41) is 3.02. The van der Waals surface area contributed by atoms with Crippen LogP contribution in [0, 0.1) is 20.8 Å². The molecule has 3 heteroatoms. The van der Waals surface area contributed by atoms with Crippen LogP contribution in [0.1, 0.15) is 36.1 Å². The molecule has 0 saturated carbocycles. The Hall–Kier alpha value is -2.29. The number of hydrogen-bond donors (Lipinski definition) is 1. The second-order valence-corrected chi connectivity index (χ2v) is 6.04. The SMILES string of the molecule is CCc1cccc(C)c1NC(=O)[C@H](C)Oc1cc(C)cc(C)c1. The molecule has 1 amide bonds. The summed E-state index contributed by atoms with van der Waals surface area (Å²) in [5.41, 5.74) is 5.35. The van der Waals surface area contributed by atoms with Crippen LogP contribution in [0.4, 0.5) is 5.69 Å². The molecule has 2 rings (SSSR count). The molecule has 0 aliphatic rings. The number of rotatable bonds is 5. The third kappa shape index (κ3) is 4.35. The van der Waals surface area contributed by atoms with Gasteiger partial charge in [0.05, 0.1) is 0 Å². The first kappa shape index (κ1) is 17.1. The average molecular weight is 311 g/mol. The number of nitrogens with one attached hydrogen (secondary N) is 1. The molecule has 0 aliphatic carbocycles. The normalized spacial score (nSPS) is 11.9. The van der Waals surface area contributed by atoms with Crippen LogP contribution in [0.2, 0.25) is 0 Å². The predicted octanol–water partition coefficient (Wildman–Crippen LogP) is 4.58. The van der Waals surface area contributed by atoms with Gasteiger partial charge in [-0.1, -0.05) is 31.2 Å². The first-order chi connectivity index (χ1) is 10.9. The first-order valence-corrected chi connectivity index (χ1v) is 8.05. The number of benzene rings is 2. The van der Waals surface area contributed by atoms with E-state index in [4.69, 9.17) is 4.74 Å². The number of anilines is 1. The molecule has 23 heavy (non-hydrogen) atoms. The molecule has 0 aromatic heterocycles. The third-order valence-electron chi connectivity index (χ3n) is 3.87. The first-order valence-electron chi connectivity index (χ1n) is 8.05. The lowest BCUT2D eigenvalue weighted by Crippen LogP contribution is -2.30. The van der Waals surface area contributed by atoms with Crippen molar-refractivity contribution in [2.45, 2.75) is 47.1 Å². The number of ether oxygens (including phenoxy) is 1. The molecule has 1 atom stereocenters. The molecule has 0 spiro atoms. The van der Waals surface area contributed by atoms with Crippen molar-refractivity contribution in [3.05, 3.63) is 58.7 Å². The number of amides is 1. The summed E-state index contributed by atoms with van der Waals surface area (Å²) < 4.78 is 5.81. The maximum Gasteiger partial charge on any atom is 0.265 e. The van der Waals surface area contributed by atoms with E-state index < -0.39 is 6.10 Å². The summed E-state index contributed by atoms with van der Waals surface area (Å²) >= 11 is 0. The fourth-order valence-corrected chi connectivity index (χ4v) is 2.69. The highest BCUT2D eigenvalue weighted by Gasteiger charge is 2.17. The minimum atomic E-state index is -0.555. The van der Waals surface area contributed by atoms with Gasteiger partial charge >= 0.3 is 0 Å². The van der Waals surface area contributed by atoms with Crippen LogP contribution in [0.15, 0.2) is 36.4 Å². The number of carbonyl (C=O) groups is 1. The van der Waals surface area contributed by atoms with Crippen molar-refractivity contribution < 1.29 is 9.53 Å². The maximum atomic E-state index is 12.5. The minimum absolute atomic E-state index is 0.131. The zero-order valence-corrected chi connectivity index (χ0v) is 14.6. The van der Waals surface area contributed by atoms with E-state index in [1.807, 2.05) is 51.1 Å². The topological polar surface area (TPSA) is 38.3 Å². The third-order valence-corrected chi connectivity index (χ3v) is 3.87. The van der Waals surface area contributed by atoms with Crippen LogP contribution in [0.5, 0.6) is 5.75 Å². The zero-order valence-electron chi connectivity index (χ0n) is 14.6. The molecule has 0 aliphatic heterocycles. The van der Waals surface area contributed by atoms with Gasteiger partial charge in [-0.05, 0) is 68.5 Å². The molecule has 2 aromatic carbocycles. The molecule has 1 N–H and O–H groups in total. The summed E-state index contributed by atoms with van der Waals surface area (Å²) in [6.07, 6.45) is 0.323. The number of carbonyl (C=O) groups excluding carboxylic acids is 1. The Kier molecular flexibility index (Phi) is 5.43. The van der Waals surface area contributed by atoms with Crippen LogP contribution in [0.25, 0.3) is 0 Å². The molecule has 2 aromatic rings. The quantitative estimate of drug-likeness (QED) is 0.877. The van der Waals surface area contributed by atoms with E-state index in [1.54, 1.807) is 6.92 Å². The van der Waals surface area contributed by atoms with E-state index >= 15 is 0 Å². The Labute approximate surface area is 138 Å². The van der Waals surface area contributed by atoms with Gasteiger partial charge in [0.25, 0.3) is 5.91 Å². The molecule has 0 unspecified atom stereocenters. The Morgan fingerprint density at radius 2 is 1.78 bits per heavy atom. The Balaban J connectivity index is 2.11. The van der Waals surface area contributed by atoms with Crippen LogP contribution in [0.3, 0.4) is 0 Å². The number of hydrogen-bond acceptors (Lipinski definition) is 2. The molecule has 0 heterocycles. The van der Waals surface area contributed by atoms with Crippen molar-refractivity contribution in [3.63, 3.8) is 0 Å². The van der Waals surface area contributed by atoms with Crippen molar-refractivity contribution in [2.75, 3.05) is 5.32 Å². The standard InChI is InChI=1S/C20H25NO2/c1-6-17-9-7-8-15(4)19(17)21-20(22)16(5)23-18-11-13(2)10-14(3)12-18/h7-12,16H,6H2,1-5H3,(H,21,22)/t16-/m0/s1. The number of para-hydroxylation sites is 1. The number of aryl methyl sites for hydroxylation is 4. The largest absolute Gasteiger partial charge is 0.481 e. The minimum Gasteiger partial charge on any atom is -0.481 e. The van der Waals surface area contributed by atoms with Gasteiger partial charge in [-0.3, -0.25) is 4.79 Å². The molecular formula is C20H25NO2. The highest BCUT2D eigenvalue weighted by atomic mass is 16.5. The molecule has 0 radical (unpaired) electrons. The molecule has 0 fully saturated rings. The van der Waals surface area contributed by atoms with E-state index in [2.05, 4.69) is 18.3 Å². The second-order valence-electron chi connectivity index (χ2n) is 6.04. The molecular weight excluding hydrogens is 286 g/mol. The maximum absolute atomic E-state index is 12.5. The van der Waals surface area contributed by atoms with Gasteiger partial charge in [-0.2, -0.15) is 0 Å². The smallest absolute Gasteiger partial charge is 0.265 e.